The molecule has 2 aromatic carbocycles. The molecule has 1 aliphatic heterocycles. The van der Waals surface area contributed by atoms with Gasteiger partial charge in [-0.3, -0.25) is 15.0 Å². The molecule has 1 fully saturated rings. The minimum atomic E-state index is -0.415. The molecular weight excluding hydrogens is 630 g/mol. The van der Waals surface area contributed by atoms with E-state index >= 15 is 0 Å². The average molecular weight is 688 g/mol. The van der Waals surface area contributed by atoms with Gasteiger partial charge in [-0.05, 0) is 106 Å². The molecule has 0 aliphatic carbocycles. The van der Waals surface area contributed by atoms with Gasteiger partial charge in [0.2, 0.25) is 0 Å². The molecule has 1 saturated heterocycles. The Morgan fingerprint density at radius 2 is 1.66 bits per heavy atom. The van der Waals surface area contributed by atoms with Crippen LogP contribution in [0.4, 0.5) is 5.82 Å². The minimum absolute atomic E-state index is 0.415. The fraction of sp³-hybridized carbons (Fsp3) is 0.513. The fourth-order valence-corrected chi connectivity index (χ4v) is 6.11. The quantitative estimate of drug-likeness (QED) is 0.0633. The Balaban J connectivity index is 1.07. The number of pyridine rings is 1. The molecule has 50 heavy (non-hydrogen) atoms. The highest BCUT2D eigenvalue weighted by molar-refractivity contribution is 5.40. The van der Waals surface area contributed by atoms with Crippen LogP contribution in [0, 0.1) is 10.1 Å². The smallest absolute Gasteiger partial charge is 0.274 e. The number of likely N-dealkylation sites (N-methyl/N-ethyl adjacent to an activating group) is 1. The van der Waals surface area contributed by atoms with Gasteiger partial charge >= 0.3 is 0 Å². The molecular formula is C39H57N7O4. The van der Waals surface area contributed by atoms with E-state index in [9.17, 15) is 10.1 Å². The third kappa shape index (κ3) is 15.0. The van der Waals surface area contributed by atoms with Crippen LogP contribution in [0.2, 0.25) is 0 Å². The van der Waals surface area contributed by atoms with Gasteiger partial charge < -0.3 is 29.9 Å². The number of aromatic nitrogens is 1. The summed E-state index contributed by atoms with van der Waals surface area (Å²) in [5.41, 5.74) is 2.49. The van der Waals surface area contributed by atoms with Gasteiger partial charge in [-0.1, -0.05) is 49.6 Å². The third-order valence-electron chi connectivity index (χ3n) is 8.93. The van der Waals surface area contributed by atoms with Crippen LogP contribution in [-0.2, 0) is 13.1 Å². The lowest BCUT2D eigenvalue weighted by atomic mass is 10.1. The summed E-state index contributed by atoms with van der Waals surface area (Å²) in [5.74, 6) is 3.16. The Labute approximate surface area is 298 Å². The topological polar surface area (TPSA) is 108 Å². The van der Waals surface area contributed by atoms with Crippen LogP contribution >= 0.6 is 0 Å². The first-order chi connectivity index (χ1) is 24.5. The third-order valence-corrected chi connectivity index (χ3v) is 8.93. The number of likely N-dealkylation sites (tertiary alicyclic amines) is 1. The summed E-state index contributed by atoms with van der Waals surface area (Å²) in [7, 11) is 3.86. The van der Waals surface area contributed by atoms with Crippen LogP contribution in [0.25, 0.3) is 0 Å². The Morgan fingerprint density at radius 1 is 0.880 bits per heavy atom. The highest BCUT2D eigenvalue weighted by Gasteiger charge is 2.12. The molecule has 0 amide bonds. The van der Waals surface area contributed by atoms with Crippen LogP contribution in [0.15, 0.2) is 84.9 Å². The molecule has 0 spiro atoms. The van der Waals surface area contributed by atoms with Crippen LogP contribution in [0.3, 0.4) is 0 Å². The molecule has 0 radical (unpaired) electrons. The fourth-order valence-electron chi connectivity index (χ4n) is 6.11. The summed E-state index contributed by atoms with van der Waals surface area (Å²) in [6, 6.07) is 22.6. The van der Waals surface area contributed by atoms with Gasteiger partial charge in [-0.25, -0.2) is 4.98 Å². The molecule has 1 aromatic heterocycles. The van der Waals surface area contributed by atoms with Gasteiger partial charge in [-0.2, -0.15) is 0 Å². The standard InChI is InChI=1S/C39H57N7O4/c1-43(27-28-45(39-16-6-8-22-42-39)32-34-17-19-36(49-2)20-18-34)24-9-4-3-7-21-40-38(33-46(47)48)41-23-13-29-50-37-15-12-14-35(30-37)31-44-25-10-5-11-26-44/h6,8,12,14-20,22,30,33,40-41H,3-5,7,9-11,13,21,23-29,31-32H2,1-2H3/b38-33-. The van der Waals surface area contributed by atoms with Crippen molar-refractivity contribution in [3.05, 3.63) is 106 Å². The Bertz CT molecular complexity index is 1400. The lowest BCUT2D eigenvalue weighted by Gasteiger charge is -2.27. The van der Waals surface area contributed by atoms with E-state index in [0.29, 0.717) is 25.5 Å². The molecule has 1 aliphatic rings. The van der Waals surface area contributed by atoms with Crippen LogP contribution in [0.1, 0.15) is 62.5 Å². The Morgan fingerprint density at radius 3 is 2.40 bits per heavy atom. The molecule has 11 heteroatoms. The van der Waals surface area contributed by atoms with Crippen molar-refractivity contribution in [2.45, 2.75) is 64.5 Å². The van der Waals surface area contributed by atoms with Gasteiger partial charge in [0.25, 0.3) is 6.20 Å². The maximum Gasteiger partial charge on any atom is 0.274 e. The van der Waals surface area contributed by atoms with Gasteiger partial charge in [0.05, 0.1) is 18.6 Å². The van der Waals surface area contributed by atoms with Crippen LogP contribution in [-0.4, -0.2) is 86.3 Å². The molecule has 0 saturated carbocycles. The first kappa shape index (κ1) is 38.5. The summed E-state index contributed by atoms with van der Waals surface area (Å²) in [5, 5.41) is 17.6. The number of nitro groups is 1. The second kappa shape index (κ2) is 22.4. The second-order valence-corrected chi connectivity index (χ2v) is 13.0. The maximum atomic E-state index is 11.2. The zero-order valence-electron chi connectivity index (χ0n) is 30.1. The number of nitrogens with one attached hydrogen (secondary N) is 2. The molecule has 0 atom stereocenters. The normalized spacial score (nSPS) is 13.6. The molecule has 11 nitrogen and oxygen atoms in total. The molecule has 4 rings (SSSR count). The van der Waals surface area contributed by atoms with Gasteiger partial charge in [0.1, 0.15) is 17.3 Å². The summed E-state index contributed by atoms with van der Waals surface area (Å²) in [6.07, 6.45) is 11.7. The number of rotatable bonds is 24. The molecule has 2 N–H and O–H groups in total. The Hall–Kier alpha value is -4.35. The monoisotopic (exact) mass is 687 g/mol. The Kier molecular flexibility index (Phi) is 17.2. The number of hydrogen-bond acceptors (Lipinski definition) is 10. The van der Waals surface area contributed by atoms with Crippen molar-refractivity contribution < 1.29 is 14.4 Å². The number of nitrogens with zero attached hydrogens (tertiary/aromatic N) is 5. The average Bonchev–Trinajstić information content (AvgIpc) is 3.13. The minimum Gasteiger partial charge on any atom is -0.497 e. The predicted octanol–water partition coefficient (Wildman–Crippen LogP) is 6.30. The molecule has 0 bridgehead atoms. The van der Waals surface area contributed by atoms with Crippen LogP contribution < -0.4 is 25.0 Å². The highest BCUT2D eigenvalue weighted by Crippen LogP contribution is 2.19. The number of ether oxygens (including phenoxy) is 2. The molecule has 3 aromatic rings. The number of hydrogen-bond donors (Lipinski definition) is 2. The van der Waals surface area contributed by atoms with E-state index in [1.54, 1.807) is 7.11 Å². The molecule has 272 valence electrons. The first-order valence-electron chi connectivity index (χ1n) is 18.2. The predicted molar refractivity (Wildman–Crippen MR) is 201 cm³/mol. The van der Waals surface area contributed by atoms with Gasteiger partial charge in [0.15, 0.2) is 5.82 Å². The van der Waals surface area contributed by atoms with E-state index < -0.39 is 4.92 Å². The number of anilines is 1. The van der Waals surface area contributed by atoms with E-state index in [1.807, 2.05) is 36.5 Å². The number of benzene rings is 2. The number of piperidine rings is 1. The summed E-state index contributed by atoms with van der Waals surface area (Å²) < 4.78 is 11.3. The van der Waals surface area contributed by atoms with Crippen molar-refractivity contribution in [3.8, 4) is 11.5 Å². The van der Waals surface area contributed by atoms with Gasteiger partial charge in [-0.15, -0.1) is 0 Å². The van der Waals surface area contributed by atoms with E-state index in [2.05, 4.69) is 73.8 Å². The summed E-state index contributed by atoms with van der Waals surface area (Å²) in [6.45, 7) is 8.74. The van der Waals surface area contributed by atoms with Crippen molar-refractivity contribution in [2.75, 3.05) is 71.5 Å². The van der Waals surface area contributed by atoms with Crippen molar-refractivity contribution in [3.63, 3.8) is 0 Å². The summed E-state index contributed by atoms with van der Waals surface area (Å²) in [4.78, 5) is 22.6. The lowest BCUT2D eigenvalue weighted by Crippen LogP contribution is -2.34. The first-order valence-corrected chi connectivity index (χ1v) is 18.2. The van der Waals surface area contributed by atoms with E-state index in [1.165, 1.54) is 43.5 Å². The van der Waals surface area contributed by atoms with Crippen molar-refractivity contribution in [1.82, 2.24) is 25.4 Å². The van der Waals surface area contributed by atoms with Crippen molar-refractivity contribution in [1.29, 1.82) is 0 Å². The lowest BCUT2D eigenvalue weighted by molar-refractivity contribution is -0.404. The van der Waals surface area contributed by atoms with Crippen LogP contribution in [0.5, 0.6) is 11.5 Å². The zero-order valence-corrected chi connectivity index (χ0v) is 30.1. The van der Waals surface area contributed by atoms with Gasteiger partial charge in [0, 0.05) is 45.5 Å². The van der Waals surface area contributed by atoms with Crippen molar-refractivity contribution in [2.24, 2.45) is 0 Å². The van der Waals surface area contributed by atoms with E-state index in [-0.39, 0.29) is 0 Å². The maximum absolute atomic E-state index is 11.2. The van der Waals surface area contributed by atoms with E-state index in [4.69, 9.17) is 9.47 Å². The zero-order chi connectivity index (χ0) is 35.2. The number of methoxy groups -OCH3 is 1. The number of unbranched alkanes of at least 4 members (excludes halogenated alkanes) is 3. The van der Waals surface area contributed by atoms with E-state index in [0.717, 1.165) is 88.3 Å². The summed E-state index contributed by atoms with van der Waals surface area (Å²) >= 11 is 0. The SMILES string of the molecule is COc1ccc(CN(CCN(C)CCCCCCN/C(=C/[N+](=O)[O-])NCCCOc2cccc(CN3CCCCC3)c2)c2ccccn2)cc1. The second-order valence-electron chi connectivity index (χ2n) is 13.0. The molecule has 0 unspecified atom stereocenters. The highest BCUT2D eigenvalue weighted by atomic mass is 16.6. The van der Waals surface area contributed by atoms with Crippen molar-refractivity contribution >= 4 is 5.82 Å². The molecule has 2 heterocycles. The largest absolute Gasteiger partial charge is 0.497 e.